The first-order valence-electron chi connectivity index (χ1n) is 7.40. The maximum atomic E-state index is 13.6. The second kappa shape index (κ2) is 8.54. The Morgan fingerprint density at radius 3 is 2.42 bits per heavy atom. The number of rotatable bonds is 8. The average Bonchev–Trinajstić information content (AvgIpc) is 2.65. The average molecular weight is 381 g/mol. The van der Waals surface area contributed by atoms with Gasteiger partial charge in [-0.25, -0.2) is 12.8 Å². The highest BCUT2D eigenvalue weighted by Gasteiger charge is 2.17. The van der Waals surface area contributed by atoms with Crippen LogP contribution < -0.4 is 9.46 Å². The largest absolute Gasteiger partial charge is 0.494 e. The number of Topliss-reactive ketones (excluding diaryl/α,β-unsaturated/α-hetero) is 1. The number of hydrogen-bond donors (Lipinski definition) is 1. The quantitative estimate of drug-likeness (QED) is 0.550. The van der Waals surface area contributed by atoms with E-state index in [1.807, 2.05) is 0 Å². The Morgan fingerprint density at radius 1 is 1.12 bits per heavy atom. The lowest BCUT2D eigenvalue weighted by Crippen LogP contribution is -2.31. The van der Waals surface area contributed by atoms with Crippen molar-refractivity contribution in [1.29, 1.82) is 0 Å². The second-order valence-electron chi connectivity index (χ2n) is 5.07. The van der Waals surface area contributed by atoms with Crippen molar-refractivity contribution in [2.24, 2.45) is 0 Å². The zero-order chi connectivity index (χ0) is 19.2. The van der Waals surface area contributed by atoms with Gasteiger partial charge in [0.05, 0.1) is 12.0 Å². The highest BCUT2D eigenvalue weighted by atomic mass is 32.2. The first kappa shape index (κ1) is 19.5. The second-order valence-corrected chi connectivity index (χ2v) is 6.84. The van der Waals surface area contributed by atoms with E-state index in [1.54, 1.807) is 18.2 Å². The lowest BCUT2D eigenvalue weighted by Gasteiger charge is -2.08. The van der Waals surface area contributed by atoms with Crippen LogP contribution in [0.4, 0.5) is 4.39 Å². The molecule has 0 atom stereocenters. The van der Waals surface area contributed by atoms with E-state index in [2.05, 4.69) is 4.72 Å². The van der Waals surface area contributed by atoms with Crippen LogP contribution in [0.1, 0.15) is 10.4 Å². The van der Waals surface area contributed by atoms with Crippen molar-refractivity contribution in [2.75, 3.05) is 20.3 Å². The molecule has 0 aliphatic rings. The molecule has 0 bridgehead atoms. The maximum Gasteiger partial charge on any atom is 0.321 e. The standard InChI is InChI=1S/C17H16FNO6S/c1-24-16-8-7-12(9-14(16)18)15(20)11-25-17(21)10-19-26(22,23)13-5-3-2-4-6-13/h2-9,19H,10-11H2,1H3. The molecule has 9 heteroatoms. The van der Waals surface area contributed by atoms with E-state index < -0.39 is 40.7 Å². The van der Waals surface area contributed by atoms with Gasteiger partial charge in [-0.1, -0.05) is 18.2 Å². The zero-order valence-electron chi connectivity index (χ0n) is 13.8. The van der Waals surface area contributed by atoms with Crippen LogP contribution in [0.25, 0.3) is 0 Å². The van der Waals surface area contributed by atoms with Crippen molar-refractivity contribution in [3.05, 3.63) is 59.9 Å². The van der Waals surface area contributed by atoms with Crippen molar-refractivity contribution < 1.29 is 31.9 Å². The summed E-state index contributed by atoms with van der Waals surface area (Å²) >= 11 is 0. The summed E-state index contributed by atoms with van der Waals surface area (Å²) in [6, 6.07) is 11.0. The molecular weight excluding hydrogens is 365 g/mol. The summed E-state index contributed by atoms with van der Waals surface area (Å²) in [6.07, 6.45) is 0. The van der Waals surface area contributed by atoms with E-state index in [4.69, 9.17) is 9.47 Å². The van der Waals surface area contributed by atoms with E-state index in [-0.39, 0.29) is 16.2 Å². The van der Waals surface area contributed by atoms with Gasteiger partial charge in [-0.05, 0) is 30.3 Å². The minimum absolute atomic E-state index is 0.000895. The number of ketones is 1. The van der Waals surface area contributed by atoms with E-state index in [1.165, 1.54) is 31.4 Å². The number of hydrogen-bond acceptors (Lipinski definition) is 6. The van der Waals surface area contributed by atoms with Crippen molar-refractivity contribution in [3.63, 3.8) is 0 Å². The molecule has 1 N–H and O–H groups in total. The van der Waals surface area contributed by atoms with Gasteiger partial charge in [0.2, 0.25) is 10.0 Å². The monoisotopic (exact) mass is 381 g/mol. The van der Waals surface area contributed by atoms with Gasteiger partial charge < -0.3 is 9.47 Å². The van der Waals surface area contributed by atoms with Gasteiger partial charge in [0.25, 0.3) is 0 Å². The van der Waals surface area contributed by atoms with E-state index in [9.17, 15) is 22.4 Å². The van der Waals surface area contributed by atoms with Gasteiger partial charge in [0, 0.05) is 5.56 Å². The third-order valence-corrected chi connectivity index (χ3v) is 4.72. The molecule has 138 valence electrons. The van der Waals surface area contributed by atoms with E-state index in [0.29, 0.717) is 0 Å². The Hall–Kier alpha value is -2.78. The summed E-state index contributed by atoms with van der Waals surface area (Å²) in [6.45, 7) is -1.28. The molecule has 7 nitrogen and oxygen atoms in total. The number of methoxy groups -OCH3 is 1. The molecular formula is C17H16FNO6S. The third kappa shape index (κ3) is 5.11. The highest BCUT2D eigenvalue weighted by molar-refractivity contribution is 7.89. The minimum atomic E-state index is -3.86. The fraction of sp³-hybridized carbons (Fsp3) is 0.176. The number of sulfonamides is 1. The molecule has 0 saturated heterocycles. The van der Waals surface area contributed by atoms with Gasteiger partial charge in [-0.2, -0.15) is 4.72 Å². The predicted molar refractivity (Wildman–Crippen MR) is 89.9 cm³/mol. The number of ether oxygens (including phenoxy) is 2. The molecule has 0 amide bonds. The highest BCUT2D eigenvalue weighted by Crippen LogP contribution is 2.18. The van der Waals surface area contributed by atoms with Gasteiger partial charge in [-0.15, -0.1) is 0 Å². The molecule has 2 aromatic carbocycles. The lowest BCUT2D eigenvalue weighted by atomic mass is 10.1. The maximum absolute atomic E-state index is 13.6. The first-order valence-corrected chi connectivity index (χ1v) is 8.89. The summed E-state index contributed by atoms with van der Waals surface area (Å²) in [5, 5.41) is 0. The Kier molecular flexibility index (Phi) is 6.42. The molecule has 2 rings (SSSR count). The van der Waals surface area contributed by atoms with Gasteiger partial charge >= 0.3 is 5.97 Å². The number of carbonyl (C=O) groups is 2. The summed E-state index contributed by atoms with van der Waals surface area (Å²) in [5.41, 5.74) is 0.000895. The Balaban J connectivity index is 1.87. The molecule has 2 aromatic rings. The Morgan fingerprint density at radius 2 is 1.81 bits per heavy atom. The topological polar surface area (TPSA) is 98.8 Å². The summed E-state index contributed by atoms with van der Waals surface area (Å²) in [4.78, 5) is 23.5. The summed E-state index contributed by atoms with van der Waals surface area (Å²) < 4.78 is 49.0. The van der Waals surface area contributed by atoms with Gasteiger partial charge in [0.1, 0.15) is 6.54 Å². The Bertz CT molecular complexity index is 899. The molecule has 0 radical (unpaired) electrons. The fourth-order valence-corrected chi connectivity index (χ4v) is 2.95. The molecule has 0 saturated carbocycles. The first-order chi connectivity index (χ1) is 12.3. The van der Waals surface area contributed by atoms with Crippen molar-refractivity contribution in [1.82, 2.24) is 4.72 Å². The number of carbonyl (C=O) groups excluding carboxylic acids is 2. The molecule has 0 aliphatic heterocycles. The smallest absolute Gasteiger partial charge is 0.321 e. The molecule has 0 heterocycles. The van der Waals surface area contributed by atoms with Crippen LogP contribution in [0.3, 0.4) is 0 Å². The number of halogens is 1. The number of benzene rings is 2. The van der Waals surface area contributed by atoms with Crippen LogP contribution >= 0.6 is 0 Å². The van der Waals surface area contributed by atoms with Crippen LogP contribution in [-0.2, 0) is 19.6 Å². The summed E-state index contributed by atoms with van der Waals surface area (Å²) in [7, 11) is -2.57. The van der Waals surface area contributed by atoms with Crippen LogP contribution in [-0.4, -0.2) is 40.4 Å². The van der Waals surface area contributed by atoms with E-state index >= 15 is 0 Å². The number of nitrogens with one attached hydrogen (secondary N) is 1. The normalized spacial score (nSPS) is 11.0. The van der Waals surface area contributed by atoms with Gasteiger partial charge in [0.15, 0.2) is 24.0 Å². The van der Waals surface area contributed by atoms with Crippen molar-refractivity contribution in [3.8, 4) is 5.75 Å². The van der Waals surface area contributed by atoms with Crippen LogP contribution in [0.5, 0.6) is 5.75 Å². The molecule has 0 unspecified atom stereocenters. The lowest BCUT2D eigenvalue weighted by molar-refractivity contribution is -0.141. The van der Waals surface area contributed by atoms with Crippen molar-refractivity contribution in [2.45, 2.75) is 4.90 Å². The molecule has 26 heavy (non-hydrogen) atoms. The molecule has 0 fully saturated rings. The molecule has 0 spiro atoms. The zero-order valence-corrected chi connectivity index (χ0v) is 14.6. The van der Waals surface area contributed by atoms with Crippen molar-refractivity contribution >= 4 is 21.8 Å². The third-order valence-electron chi connectivity index (χ3n) is 3.30. The Labute approximate surface area is 149 Å². The molecule has 0 aliphatic carbocycles. The number of esters is 1. The predicted octanol–water partition coefficient (Wildman–Crippen LogP) is 1.54. The minimum Gasteiger partial charge on any atom is -0.494 e. The SMILES string of the molecule is COc1ccc(C(=O)COC(=O)CNS(=O)(=O)c2ccccc2)cc1F. The van der Waals surface area contributed by atoms with Crippen LogP contribution in [0, 0.1) is 5.82 Å². The van der Waals surface area contributed by atoms with Crippen LogP contribution in [0.15, 0.2) is 53.4 Å². The van der Waals surface area contributed by atoms with Gasteiger partial charge in [-0.3, -0.25) is 9.59 Å². The van der Waals surface area contributed by atoms with Crippen LogP contribution in [0.2, 0.25) is 0 Å². The molecule has 0 aromatic heterocycles. The summed E-state index contributed by atoms with van der Waals surface area (Å²) in [5.74, 6) is -2.31. The fourth-order valence-electron chi connectivity index (χ4n) is 1.96. The van der Waals surface area contributed by atoms with E-state index in [0.717, 1.165) is 6.07 Å².